The maximum Gasteiger partial charge on any atom is 0.226 e. The number of aryl methyl sites for hydroxylation is 1. The van der Waals surface area contributed by atoms with Crippen molar-refractivity contribution in [1.82, 2.24) is 15.6 Å². The van der Waals surface area contributed by atoms with Crippen molar-refractivity contribution in [2.45, 2.75) is 40.3 Å². The van der Waals surface area contributed by atoms with E-state index in [9.17, 15) is 0 Å². The molecule has 0 spiro atoms. The Labute approximate surface area is 179 Å². The number of rotatable bonds is 6. The van der Waals surface area contributed by atoms with Gasteiger partial charge in [-0.1, -0.05) is 38.5 Å². The van der Waals surface area contributed by atoms with Gasteiger partial charge in [-0.25, -0.2) is 4.98 Å². The van der Waals surface area contributed by atoms with E-state index in [0.717, 1.165) is 11.3 Å². The molecule has 0 amide bonds. The molecule has 150 valence electrons. The third-order valence-corrected chi connectivity index (χ3v) is 4.22. The van der Waals surface area contributed by atoms with Crippen LogP contribution in [0.15, 0.2) is 39.9 Å². The number of oxazole rings is 1. The van der Waals surface area contributed by atoms with Crippen molar-refractivity contribution in [2.75, 3.05) is 20.7 Å². The predicted octanol–water partition coefficient (Wildman–Crippen LogP) is 3.99. The number of aliphatic imine (C=N–C) groups is 1. The molecular formula is C20H31IN4O2. The molecule has 2 aromatic rings. The van der Waals surface area contributed by atoms with E-state index in [4.69, 9.17) is 9.15 Å². The number of nitrogens with zero attached hydrogens (tertiary/aromatic N) is 2. The van der Waals surface area contributed by atoms with Gasteiger partial charge in [0, 0.05) is 26.3 Å². The van der Waals surface area contributed by atoms with Crippen LogP contribution < -0.4 is 10.6 Å². The van der Waals surface area contributed by atoms with Gasteiger partial charge in [0.2, 0.25) is 5.89 Å². The fraction of sp³-hybridized carbons (Fsp3) is 0.500. The number of hydrogen-bond acceptors (Lipinski definition) is 4. The van der Waals surface area contributed by atoms with E-state index in [2.05, 4.69) is 48.3 Å². The molecular weight excluding hydrogens is 455 g/mol. The van der Waals surface area contributed by atoms with Gasteiger partial charge in [0.1, 0.15) is 6.26 Å². The van der Waals surface area contributed by atoms with Crippen LogP contribution in [0.2, 0.25) is 0 Å². The van der Waals surface area contributed by atoms with Crippen molar-refractivity contribution in [3.63, 3.8) is 0 Å². The molecule has 1 atom stereocenters. The first-order chi connectivity index (χ1) is 12.3. The second-order valence-corrected chi connectivity index (χ2v) is 7.41. The summed E-state index contributed by atoms with van der Waals surface area (Å²) in [6, 6.07) is 8.11. The van der Waals surface area contributed by atoms with E-state index in [-0.39, 0.29) is 35.5 Å². The molecule has 6 nitrogen and oxygen atoms in total. The fourth-order valence-corrected chi connectivity index (χ4v) is 2.54. The topological polar surface area (TPSA) is 71.7 Å². The molecule has 2 N–H and O–H groups in total. The second kappa shape index (κ2) is 10.7. The number of halogens is 1. The SMILES string of the molecule is CN=C(NCc1coc(-c2ccc(C)cc2)n1)NCC(OC)C(C)(C)C.I. The van der Waals surface area contributed by atoms with Crippen molar-refractivity contribution in [1.29, 1.82) is 0 Å². The lowest BCUT2D eigenvalue weighted by molar-refractivity contribution is 0.0205. The van der Waals surface area contributed by atoms with Crippen LogP contribution in [-0.2, 0) is 11.3 Å². The number of hydrogen-bond donors (Lipinski definition) is 2. The number of aromatic nitrogens is 1. The summed E-state index contributed by atoms with van der Waals surface area (Å²) in [6.45, 7) is 9.72. The molecule has 0 saturated heterocycles. The zero-order valence-electron chi connectivity index (χ0n) is 17.0. The summed E-state index contributed by atoms with van der Waals surface area (Å²) in [7, 11) is 3.48. The predicted molar refractivity (Wildman–Crippen MR) is 121 cm³/mol. The van der Waals surface area contributed by atoms with Gasteiger partial charge in [-0.3, -0.25) is 4.99 Å². The molecule has 1 aromatic heterocycles. The molecule has 1 unspecified atom stereocenters. The zero-order valence-corrected chi connectivity index (χ0v) is 19.3. The minimum atomic E-state index is 0. The third-order valence-electron chi connectivity index (χ3n) is 4.22. The number of guanidine groups is 1. The zero-order chi connectivity index (χ0) is 19.2. The molecule has 7 heteroatoms. The molecule has 0 saturated carbocycles. The van der Waals surface area contributed by atoms with Crippen LogP contribution in [0.4, 0.5) is 0 Å². The Morgan fingerprint density at radius 2 is 1.89 bits per heavy atom. The van der Waals surface area contributed by atoms with Gasteiger partial charge in [0.25, 0.3) is 0 Å². The van der Waals surface area contributed by atoms with Crippen molar-refractivity contribution >= 4 is 29.9 Å². The van der Waals surface area contributed by atoms with Crippen molar-refractivity contribution in [3.05, 3.63) is 41.8 Å². The van der Waals surface area contributed by atoms with Crippen LogP contribution in [0.1, 0.15) is 32.0 Å². The van der Waals surface area contributed by atoms with Gasteiger partial charge in [0.05, 0.1) is 18.3 Å². The summed E-state index contributed by atoms with van der Waals surface area (Å²) in [5, 5.41) is 6.55. The highest BCUT2D eigenvalue weighted by atomic mass is 127. The van der Waals surface area contributed by atoms with Gasteiger partial charge < -0.3 is 19.8 Å². The highest BCUT2D eigenvalue weighted by Gasteiger charge is 2.24. The van der Waals surface area contributed by atoms with E-state index in [0.29, 0.717) is 24.9 Å². The van der Waals surface area contributed by atoms with Crippen LogP contribution in [-0.4, -0.2) is 37.7 Å². The molecule has 0 bridgehead atoms. The largest absolute Gasteiger partial charge is 0.444 e. The minimum Gasteiger partial charge on any atom is -0.444 e. The van der Waals surface area contributed by atoms with Crippen LogP contribution >= 0.6 is 24.0 Å². The second-order valence-electron chi connectivity index (χ2n) is 7.41. The average Bonchev–Trinajstić information content (AvgIpc) is 3.06. The Bertz CT molecular complexity index is 720. The molecule has 27 heavy (non-hydrogen) atoms. The Morgan fingerprint density at radius 3 is 2.44 bits per heavy atom. The van der Waals surface area contributed by atoms with Crippen LogP contribution in [0.5, 0.6) is 0 Å². The lowest BCUT2D eigenvalue weighted by atomic mass is 9.89. The highest BCUT2D eigenvalue weighted by Crippen LogP contribution is 2.21. The quantitative estimate of drug-likeness (QED) is 0.367. The average molecular weight is 486 g/mol. The monoisotopic (exact) mass is 486 g/mol. The number of nitrogens with one attached hydrogen (secondary N) is 2. The van der Waals surface area contributed by atoms with Gasteiger partial charge in [-0.05, 0) is 24.5 Å². The first kappa shape index (κ1) is 23.4. The van der Waals surface area contributed by atoms with E-state index >= 15 is 0 Å². The molecule has 1 aromatic carbocycles. The lowest BCUT2D eigenvalue weighted by Crippen LogP contribution is -2.45. The molecule has 0 fully saturated rings. The molecule has 0 aliphatic heterocycles. The van der Waals surface area contributed by atoms with Crippen LogP contribution in [0.3, 0.4) is 0 Å². The van der Waals surface area contributed by atoms with Crippen molar-refractivity contribution in [3.8, 4) is 11.5 Å². The van der Waals surface area contributed by atoms with Crippen molar-refractivity contribution in [2.24, 2.45) is 10.4 Å². The Morgan fingerprint density at radius 1 is 1.22 bits per heavy atom. The molecule has 0 aliphatic rings. The van der Waals surface area contributed by atoms with E-state index in [1.54, 1.807) is 20.4 Å². The molecule has 0 aliphatic carbocycles. The van der Waals surface area contributed by atoms with Crippen LogP contribution in [0, 0.1) is 12.3 Å². The standard InChI is InChI=1S/C20H30N4O2.HI/c1-14-7-9-15(10-8-14)18-24-16(13-26-18)11-22-19(21-5)23-12-17(25-6)20(2,3)4;/h7-10,13,17H,11-12H2,1-6H3,(H2,21,22,23);1H. The van der Waals surface area contributed by atoms with E-state index in [1.165, 1.54) is 5.56 Å². The normalized spacial score (nSPS) is 13.0. The third kappa shape index (κ3) is 7.14. The first-order valence-electron chi connectivity index (χ1n) is 8.82. The Kier molecular flexibility index (Phi) is 9.25. The van der Waals surface area contributed by atoms with Gasteiger partial charge >= 0.3 is 0 Å². The highest BCUT2D eigenvalue weighted by molar-refractivity contribution is 14.0. The Hall–Kier alpha value is -1.61. The maximum atomic E-state index is 5.59. The molecule has 0 radical (unpaired) electrons. The smallest absolute Gasteiger partial charge is 0.226 e. The van der Waals surface area contributed by atoms with E-state index in [1.807, 2.05) is 24.3 Å². The summed E-state index contributed by atoms with van der Waals surface area (Å²) in [5.74, 6) is 1.33. The molecule has 1 heterocycles. The summed E-state index contributed by atoms with van der Waals surface area (Å²) < 4.78 is 11.1. The first-order valence-corrected chi connectivity index (χ1v) is 8.82. The Balaban J connectivity index is 0.00000364. The van der Waals surface area contributed by atoms with Gasteiger partial charge in [-0.15, -0.1) is 24.0 Å². The number of ether oxygens (including phenoxy) is 1. The van der Waals surface area contributed by atoms with Crippen LogP contribution in [0.25, 0.3) is 11.5 Å². The summed E-state index contributed by atoms with van der Waals surface area (Å²) in [4.78, 5) is 8.78. The summed E-state index contributed by atoms with van der Waals surface area (Å²) in [6.07, 6.45) is 1.75. The van der Waals surface area contributed by atoms with Crippen molar-refractivity contribution < 1.29 is 9.15 Å². The minimum absolute atomic E-state index is 0. The lowest BCUT2D eigenvalue weighted by Gasteiger charge is -2.30. The summed E-state index contributed by atoms with van der Waals surface area (Å²) in [5.41, 5.74) is 3.05. The number of benzene rings is 1. The van der Waals surface area contributed by atoms with Gasteiger partial charge in [0.15, 0.2) is 5.96 Å². The fourth-order valence-electron chi connectivity index (χ4n) is 2.54. The molecule has 2 rings (SSSR count). The maximum absolute atomic E-state index is 5.59. The van der Waals surface area contributed by atoms with E-state index < -0.39 is 0 Å². The number of methoxy groups -OCH3 is 1. The summed E-state index contributed by atoms with van der Waals surface area (Å²) >= 11 is 0. The van der Waals surface area contributed by atoms with Gasteiger partial charge in [-0.2, -0.15) is 0 Å².